The molecule has 1 aliphatic rings. The summed E-state index contributed by atoms with van der Waals surface area (Å²) < 4.78 is 1.32. The summed E-state index contributed by atoms with van der Waals surface area (Å²) in [6, 6.07) is 4.19. The molecule has 2 nitrogen and oxygen atoms in total. The van der Waals surface area contributed by atoms with Gasteiger partial charge < -0.3 is 5.21 Å². The lowest BCUT2D eigenvalue weighted by molar-refractivity contribution is 0.314. The van der Waals surface area contributed by atoms with E-state index in [4.69, 9.17) is 5.21 Å². The second-order valence-corrected chi connectivity index (χ2v) is 5.83. The van der Waals surface area contributed by atoms with Crippen LogP contribution in [0, 0.1) is 0 Å². The Hall–Kier alpha value is -0.480. The Morgan fingerprint density at radius 1 is 1.50 bits per heavy atom. The van der Waals surface area contributed by atoms with Crippen LogP contribution in [0.2, 0.25) is 0 Å². The SMILES string of the molecule is O/N=C1\CCCC[C@@H]1Sc1cccs1. The van der Waals surface area contributed by atoms with Gasteiger partial charge in [-0.2, -0.15) is 0 Å². The molecular formula is C10H13NOS2. The predicted octanol–water partition coefficient (Wildman–Crippen LogP) is 3.61. The third-order valence-electron chi connectivity index (χ3n) is 2.40. The van der Waals surface area contributed by atoms with Gasteiger partial charge in [0.05, 0.1) is 15.2 Å². The van der Waals surface area contributed by atoms with Gasteiger partial charge in [-0.3, -0.25) is 0 Å². The second kappa shape index (κ2) is 4.84. The third kappa shape index (κ3) is 2.30. The minimum absolute atomic E-state index is 0.396. The zero-order valence-corrected chi connectivity index (χ0v) is 9.48. The zero-order valence-electron chi connectivity index (χ0n) is 7.85. The Balaban J connectivity index is 2.02. The summed E-state index contributed by atoms with van der Waals surface area (Å²) in [6.45, 7) is 0. The van der Waals surface area contributed by atoms with E-state index in [1.54, 1.807) is 11.3 Å². The van der Waals surface area contributed by atoms with E-state index in [9.17, 15) is 0 Å². The summed E-state index contributed by atoms with van der Waals surface area (Å²) >= 11 is 3.59. The van der Waals surface area contributed by atoms with Crippen LogP contribution in [0.5, 0.6) is 0 Å². The van der Waals surface area contributed by atoms with Gasteiger partial charge in [0.15, 0.2) is 0 Å². The van der Waals surface area contributed by atoms with Gasteiger partial charge in [-0.15, -0.1) is 23.1 Å². The Bertz CT molecular complexity index is 308. The fourth-order valence-electron chi connectivity index (χ4n) is 1.68. The van der Waals surface area contributed by atoms with Gasteiger partial charge in [0, 0.05) is 0 Å². The summed E-state index contributed by atoms with van der Waals surface area (Å²) in [5.41, 5.74) is 0.967. The standard InChI is InChI=1S/C10H13NOS2/c12-11-8-4-1-2-5-9(8)14-10-6-3-7-13-10/h3,6-7,9,12H,1-2,4-5H2/b11-8+/t9-/m0/s1. The lowest BCUT2D eigenvalue weighted by Crippen LogP contribution is -2.21. The van der Waals surface area contributed by atoms with Gasteiger partial charge in [-0.05, 0) is 30.7 Å². The van der Waals surface area contributed by atoms with Gasteiger partial charge in [0.1, 0.15) is 0 Å². The minimum atomic E-state index is 0.396. The molecule has 1 saturated carbocycles. The Morgan fingerprint density at radius 2 is 2.43 bits per heavy atom. The highest BCUT2D eigenvalue weighted by Gasteiger charge is 2.22. The van der Waals surface area contributed by atoms with Crippen LogP contribution >= 0.6 is 23.1 Å². The first-order valence-electron chi connectivity index (χ1n) is 4.81. The molecule has 76 valence electrons. The Morgan fingerprint density at radius 3 is 3.14 bits per heavy atom. The van der Waals surface area contributed by atoms with Gasteiger partial charge >= 0.3 is 0 Å². The van der Waals surface area contributed by atoms with Gasteiger partial charge in [-0.25, -0.2) is 0 Å². The maximum atomic E-state index is 8.87. The second-order valence-electron chi connectivity index (χ2n) is 3.38. The zero-order chi connectivity index (χ0) is 9.80. The number of nitrogens with zero attached hydrogens (tertiary/aromatic N) is 1. The lowest BCUT2D eigenvalue weighted by Gasteiger charge is -2.21. The summed E-state index contributed by atoms with van der Waals surface area (Å²) in [7, 11) is 0. The first-order valence-corrected chi connectivity index (χ1v) is 6.57. The molecule has 14 heavy (non-hydrogen) atoms. The van der Waals surface area contributed by atoms with Gasteiger partial charge in [0.25, 0.3) is 0 Å². The predicted molar refractivity (Wildman–Crippen MR) is 61.7 cm³/mol. The van der Waals surface area contributed by atoms with Crippen LogP contribution in [0.3, 0.4) is 0 Å². The number of oxime groups is 1. The fraction of sp³-hybridized carbons (Fsp3) is 0.500. The average molecular weight is 227 g/mol. The first kappa shape index (κ1) is 10.1. The van der Waals surface area contributed by atoms with Crippen LogP contribution in [0.25, 0.3) is 0 Å². The Labute approximate surface area is 92.0 Å². The first-order chi connectivity index (χ1) is 6.90. The monoisotopic (exact) mass is 227 g/mol. The van der Waals surface area contributed by atoms with Crippen LogP contribution in [0.15, 0.2) is 26.9 Å². The maximum Gasteiger partial charge on any atom is 0.0704 e. The highest BCUT2D eigenvalue weighted by Crippen LogP contribution is 2.34. The molecule has 0 saturated heterocycles. The van der Waals surface area contributed by atoms with Crippen molar-refractivity contribution in [3.8, 4) is 0 Å². The third-order valence-corrected chi connectivity index (χ3v) is 4.80. The summed E-state index contributed by atoms with van der Waals surface area (Å²) in [5, 5.41) is 14.8. The topological polar surface area (TPSA) is 32.6 Å². The van der Waals surface area contributed by atoms with Crippen molar-refractivity contribution in [1.29, 1.82) is 0 Å². The van der Waals surface area contributed by atoms with E-state index in [0.717, 1.165) is 18.6 Å². The van der Waals surface area contributed by atoms with Crippen LogP contribution in [0.1, 0.15) is 25.7 Å². The highest BCUT2D eigenvalue weighted by atomic mass is 32.2. The minimum Gasteiger partial charge on any atom is -0.411 e. The summed E-state index contributed by atoms with van der Waals surface area (Å²) in [4.78, 5) is 0. The summed E-state index contributed by atoms with van der Waals surface area (Å²) in [6.07, 6.45) is 4.52. The maximum absolute atomic E-state index is 8.87. The van der Waals surface area contributed by atoms with E-state index in [1.807, 2.05) is 11.8 Å². The molecule has 1 aliphatic carbocycles. The quantitative estimate of drug-likeness (QED) is 0.618. The molecule has 0 radical (unpaired) electrons. The van der Waals surface area contributed by atoms with Crippen molar-refractivity contribution < 1.29 is 5.21 Å². The molecule has 1 fully saturated rings. The molecule has 1 N–H and O–H groups in total. The van der Waals surface area contributed by atoms with E-state index < -0.39 is 0 Å². The highest BCUT2D eigenvalue weighted by molar-refractivity contribution is 8.02. The molecule has 0 spiro atoms. The smallest absolute Gasteiger partial charge is 0.0704 e. The fourth-order valence-corrected chi connectivity index (χ4v) is 3.88. The number of hydrogen-bond acceptors (Lipinski definition) is 4. The molecule has 1 atom stereocenters. The van der Waals surface area contributed by atoms with Gasteiger partial charge in [0.2, 0.25) is 0 Å². The molecule has 0 bridgehead atoms. The van der Waals surface area contributed by atoms with Crippen molar-refractivity contribution in [2.24, 2.45) is 5.16 Å². The van der Waals surface area contributed by atoms with Crippen LogP contribution < -0.4 is 0 Å². The summed E-state index contributed by atoms with van der Waals surface area (Å²) in [5.74, 6) is 0. The van der Waals surface area contributed by atoms with Crippen molar-refractivity contribution >= 4 is 28.8 Å². The molecule has 1 aromatic heterocycles. The number of hydrogen-bond donors (Lipinski definition) is 1. The molecular weight excluding hydrogens is 214 g/mol. The van der Waals surface area contributed by atoms with Crippen LogP contribution in [-0.2, 0) is 0 Å². The van der Waals surface area contributed by atoms with E-state index in [-0.39, 0.29) is 0 Å². The lowest BCUT2D eigenvalue weighted by atomic mass is 9.98. The number of thioether (sulfide) groups is 1. The molecule has 2 rings (SSSR count). The molecule has 0 amide bonds. The van der Waals surface area contributed by atoms with E-state index in [2.05, 4.69) is 22.7 Å². The van der Waals surface area contributed by atoms with Crippen LogP contribution in [-0.4, -0.2) is 16.2 Å². The molecule has 0 aliphatic heterocycles. The number of rotatable bonds is 2. The molecule has 0 aromatic carbocycles. The Kier molecular flexibility index (Phi) is 3.48. The van der Waals surface area contributed by atoms with E-state index in [0.29, 0.717) is 5.25 Å². The van der Waals surface area contributed by atoms with Crippen molar-refractivity contribution in [1.82, 2.24) is 0 Å². The average Bonchev–Trinajstić information content (AvgIpc) is 2.71. The van der Waals surface area contributed by atoms with Crippen molar-refractivity contribution in [2.45, 2.75) is 35.1 Å². The van der Waals surface area contributed by atoms with Crippen molar-refractivity contribution in [3.05, 3.63) is 17.5 Å². The van der Waals surface area contributed by atoms with Crippen LogP contribution in [0.4, 0.5) is 0 Å². The molecule has 1 heterocycles. The number of thiophene rings is 1. The normalized spacial score (nSPS) is 25.4. The van der Waals surface area contributed by atoms with Gasteiger partial charge in [-0.1, -0.05) is 17.6 Å². The molecule has 4 heteroatoms. The van der Waals surface area contributed by atoms with E-state index >= 15 is 0 Å². The van der Waals surface area contributed by atoms with Crippen molar-refractivity contribution in [2.75, 3.05) is 0 Å². The molecule has 0 unspecified atom stereocenters. The molecule has 1 aromatic rings. The largest absolute Gasteiger partial charge is 0.411 e. The van der Waals surface area contributed by atoms with Crippen molar-refractivity contribution in [3.63, 3.8) is 0 Å². The van der Waals surface area contributed by atoms with E-state index in [1.165, 1.54) is 17.1 Å².